The highest BCUT2D eigenvalue weighted by Gasteiger charge is 2.11. The molecule has 0 bridgehead atoms. The first-order chi connectivity index (χ1) is 15.2. The number of hydrogen-bond acceptors (Lipinski definition) is 5. The standard InChI is InChI=1S/C25H25N3O2S/c1-18(20-11-13-21(14-12-20)30-17-19-6-5-15-26-16-19)27-24(29)9-4-10-25-28-22-7-2-3-8-23(22)31-25/h2-3,5-8,11-16,18H,4,9-10,17H2,1H3,(H,27,29). The number of pyridine rings is 1. The number of hydrogen-bond donors (Lipinski definition) is 1. The molecular formula is C25H25N3O2S. The highest BCUT2D eigenvalue weighted by atomic mass is 32.1. The molecule has 0 saturated carbocycles. The summed E-state index contributed by atoms with van der Waals surface area (Å²) in [5.41, 5.74) is 3.11. The van der Waals surface area contributed by atoms with Crippen LogP contribution in [-0.2, 0) is 17.8 Å². The van der Waals surface area contributed by atoms with Gasteiger partial charge in [-0.1, -0.05) is 30.3 Å². The number of ether oxygens (including phenoxy) is 1. The zero-order valence-electron chi connectivity index (χ0n) is 17.5. The summed E-state index contributed by atoms with van der Waals surface area (Å²) in [6.45, 7) is 2.48. The van der Waals surface area contributed by atoms with Crippen LogP contribution in [0.5, 0.6) is 5.75 Å². The van der Waals surface area contributed by atoms with Crippen molar-refractivity contribution < 1.29 is 9.53 Å². The Morgan fingerprint density at radius 2 is 1.94 bits per heavy atom. The van der Waals surface area contributed by atoms with Crippen molar-refractivity contribution in [2.75, 3.05) is 0 Å². The van der Waals surface area contributed by atoms with Crippen molar-refractivity contribution in [1.82, 2.24) is 15.3 Å². The summed E-state index contributed by atoms with van der Waals surface area (Å²) in [4.78, 5) is 21.1. The maximum atomic E-state index is 12.4. The molecule has 0 radical (unpaired) electrons. The van der Waals surface area contributed by atoms with Crippen LogP contribution in [0.2, 0.25) is 0 Å². The number of nitrogens with zero attached hydrogens (tertiary/aromatic N) is 2. The number of aromatic nitrogens is 2. The molecule has 0 spiro atoms. The minimum absolute atomic E-state index is 0.0534. The molecule has 1 unspecified atom stereocenters. The average Bonchev–Trinajstić information content (AvgIpc) is 3.21. The van der Waals surface area contributed by atoms with E-state index in [1.54, 1.807) is 23.7 Å². The quantitative estimate of drug-likeness (QED) is 0.382. The summed E-state index contributed by atoms with van der Waals surface area (Å²) in [7, 11) is 0. The molecule has 5 nitrogen and oxygen atoms in total. The van der Waals surface area contributed by atoms with Crippen LogP contribution in [0.4, 0.5) is 0 Å². The van der Waals surface area contributed by atoms with E-state index < -0.39 is 0 Å². The maximum Gasteiger partial charge on any atom is 0.220 e. The fraction of sp³-hybridized carbons (Fsp3) is 0.240. The van der Waals surface area contributed by atoms with Crippen molar-refractivity contribution in [3.8, 4) is 5.75 Å². The van der Waals surface area contributed by atoms with Gasteiger partial charge < -0.3 is 10.1 Å². The minimum Gasteiger partial charge on any atom is -0.489 e. The Morgan fingerprint density at radius 3 is 2.71 bits per heavy atom. The smallest absolute Gasteiger partial charge is 0.220 e. The van der Waals surface area contributed by atoms with Crippen LogP contribution >= 0.6 is 11.3 Å². The van der Waals surface area contributed by atoms with E-state index in [0.29, 0.717) is 13.0 Å². The van der Waals surface area contributed by atoms with Gasteiger partial charge in [-0.2, -0.15) is 0 Å². The first-order valence-electron chi connectivity index (χ1n) is 10.4. The summed E-state index contributed by atoms with van der Waals surface area (Å²) < 4.78 is 6.99. The molecule has 2 aromatic heterocycles. The first-order valence-corrected chi connectivity index (χ1v) is 11.2. The SMILES string of the molecule is CC(NC(=O)CCCc1nc2ccccc2s1)c1ccc(OCc2cccnc2)cc1. The highest BCUT2D eigenvalue weighted by molar-refractivity contribution is 7.18. The van der Waals surface area contributed by atoms with Gasteiger partial charge in [-0.25, -0.2) is 4.98 Å². The first kappa shape index (κ1) is 21.0. The van der Waals surface area contributed by atoms with Crippen molar-refractivity contribution in [3.05, 3.63) is 89.2 Å². The summed E-state index contributed by atoms with van der Waals surface area (Å²) in [6, 6.07) is 19.8. The predicted molar refractivity (Wildman–Crippen MR) is 124 cm³/mol. The Bertz CT molecular complexity index is 1090. The number of aryl methyl sites for hydroxylation is 1. The Hall–Kier alpha value is -3.25. The molecule has 2 aromatic carbocycles. The van der Waals surface area contributed by atoms with Crippen LogP contribution in [-0.4, -0.2) is 15.9 Å². The number of thiazole rings is 1. The van der Waals surface area contributed by atoms with E-state index in [1.807, 2.05) is 61.5 Å². The third-order valence-corrected chi connectivity index (χ3v) is 6.11. The zero-order valence-corrected chi connectivity index (χ0v) is 18.3. The molecule has 1 amide bonds. The number of nitrogens with one attached hydrogen (secondary N) is 1. The van der Waals surface area contributed by atoms with Crippen LogP contribution < -0.4 is 10.1 Å². The molecule has 2 heterocycles. The van der Waals surface area contributed by atoms with Crippen molar-refractivity contribution in [2.45, 2.75) is 38.8 Å². The molecule has 0 saturated heterocycles. The van der Waals surface area contributed by atoms with Gasteiger partial charge in [0.2, 0.25) is 5.91 Å². The molecule has 0 aliphatic rings. The fourth-order valence-corrected chi connectivity index (χ4v) is 4.34. The number of rotatable bonds is 9. The van der Waals surface area contributed by atoms with Crippen molar-refractivity contribution in [3.63, 3.8) is 0 Å². The zero-order chi connectivity index (χ0) is 21.5. The normalized spacial score (nSPS) is 11.9. The summed E-state index contributed by atoms with van der Waals surface area (Å²) in [5, 5.41) is 4.17. The van der Waals surface area contributed by atoms with E-state index in [4.69, 9.17) is 4.74 Å². The van der Waals surface area contributed by atoms with Gasteiger partial charge in [0.1, 0.15) is 12.4 Å². The van der Waals surface area contributed by atoms with Gasteiger partial charge in [0, 0.05) is 24.4 Å². The maximum absolute atomic E-state index is 12.4. The molecule has 31 heavy (non-hydrogen) atoms. The summed E-state index contributed by atoms with van der Waals surface area (Å²) in [6.07, 6.45) is 5.65. The summed E-state index contributed by atoms with van der Waals surface area (Å²) >= 11 is 1.71. The molecule has 1 atom stereocenters. The third-order valence-electron chi connectivity index (χ3n) is 5.02. The molecule has 0 aliphatic heterocycles. The lowest BCUT2D eigenvalue weighted by Crippen LogP contribution is -2.26. The Balaban J connectivity index is 1.21. The molecule has 0 fully saturated rings. The number of para-hydroxylation sites is 1. The molecule has 0 aliphatic carbocycles. The van der Waals surface area contributed by atoms with Gasteiger partial charge in [-0.15, -0.1) is 11.3 Å². The third kappa shape index (κ3) is 5.89. The van der Waals surface area contributed by atoms with Gasteiger partial charge in [-0.3, -0.25) is 9.78 Å². The van der Waals surface area contributed by atoms with Crippen LogP contribution in [0, 0.1) is 0 Å². The topological polar surface area (TPSA) is 64.1 Å². The van der Waals surface area contributed by atoms with Crippen LogP contribution in [0.3, 0.4) is 0 Å². The molecule has 4 aromatic rings. The molecule has 4 rings (SSSR count). The number of carbonyl (C=O) groups is 1. The van der Waals surface area contributed by atoms with Gasteiger partial charge in [0.05, 0.1) is 21.3 Å². The number of carbonyl (C=O) groups excluding carboxylic acids is 1. The lowest BCUT2D eigenvalue weighted by atomic mass is 10.1. The van der Waals surface area contributed by atoms with E-state index in [1.165, 1.54) is 4.70 Å². The van der Waals surface area contributed by atoms with E-state index >= 15 is 0 Å². The second-order valence-corrected chi connectivity index (χ2v) is 8.55. The lowest BCUT2D eigenvalue weighted by Gasteiger charge is -2.15. The molecule has 6 heteroatoms. The van der Waals surface area contributed by atoms with Gasteiger partial charge in [0.15, 0.2) is 0 Å². The van der Waals surface area contributed by atoms with Crippen LogP contribution in [0.1, 0.15) is 41.9 Å². The Labute approximate surface area is 186 Å². The molecular weight excluding hydrogens is 406 g/mol. The van der Waals surface area contributed by atoms with Crippen LogP contribution in [0.25, 0.3) is 10.2 Å². The predicted octanol–water partition coefficient (Wildman–Crippen LogP) is 5.47. The van der Waals surface area contributed by atoms with Gasteiger partial charge in [-0.05, 0) is 55.7 Å². The Morgan fingerprint density at radius 1 is 1.10 bits per heavy atom. The fourth-order valence-electron chi connectivity index (χ4n) is 3.33. The lowest BCUT2D eigenvalue weighted by molar-refractivity contribution is -0.121. The minimum atomic E-state index is -0.0534. The second-order valence-electron chi connectivity index (χ2n) is 7.44. The Kier molecular flexibility index (Phi) is 6.89. The molecule has 158 valence electrons. The van der Waals surface area contributed by atoms with Gasteiger partial charge >= 0.3 is 0 Å². The van der Waals surface area contributed by atoms with Crippen molar-refractivity contribution in [2.24, 2.45) is 0 Å². The van der Waals surface area contributed by atoms with E-state index in [0.717, 1.165) is 40.2 Å². The van der Waals surface area contributed by atoms with E-state index in [9.17, 15) is 4.79 Å². The van der Waals surface area contributed by atoms with Gasteiger partial charge in [0.25, 0.3) is 0 Å². The van der Waals surface area contributed by atoms with Crippen molar-refractivity contribution >= 4 is 27.5 Å². The van der Waals surface area contributed by atoms with Crippen molar-refractivity contribution in [1.29, 1.82) is 0 Å². The van der Waals surface area contributed by atoms with E-state index in [2.05, 4.69) is 21.4 Å². The second kappa shape index (κ2) is 10.2. The number of fused-ring (bicyclic) bond motifs is 1. The number of benzene rings is 2. The average molecular weight is 432 g/mol. The molecule has 1 N–H and O–H groups in total. The summed E-state index contributed by atoms with van der Waals surface area (Å²) in [5.74, 6) is 0.854. The largest absolute Gasteiger partial charge is 0.489 e. The van der Waals surface area contributed by atoms with Crippen LogP contribution in [0.15, 0.2) is 73.1 Å². The highest BCUT2D eigenvalue weighted by Crippen LogP contribution is 2.23. The van der Waals surface area contributed by atoms with E-state index in [-0.39, 0.29) is 11.9 Å². The monoisotopic (exact) mass is 431 g/mol. The number of amides is 1.